The van der Waals surface area contributed by atoms with Crippen molar-refractivity contribution in [3.8, 4) is 0 Å². The molecule has 2 atom stereocenters. The molecular formula is C15H20F3N3O3. The van der Waals surface area contributed by atoms with Crippen molar-refractivity contribution in [2.45, 2.75) is 56.8 Å². The van der Waals surface area contributed by atoms with Crippen molar-refractivity contribution in [2.75, 3.05) is 19.6 Å². The highest BCUT2D eigenvalue weighted by Gasteiger charge is 2.61. The SMILES string of the molecule is CCC[C@@]12CCCN1C(=O)N([C@H]1CCN(CC(F)(F)F)C1=O)C2=O. The van der Waals surface area contributed by atoms with Gasteiger partial charge in [0.2, 0.25) is 5.91 Å². The van der Waals surface area contributed by atoms with Gasteiger partial charge < -0.3 is 9.80 Å². The van der Waals surface area contributed by atoms with Crippen molar-refractivity contribution in [1.29, 1.82) is 0 Å². The third kappa shape index (κ3) is 2.44. The second-order valence-electron chi connectivity index (χ2n) is 6.67. The average molecular weight is 347 g/mol. The molecule has 0 unspecified atom stereocenters. The van der Waals surface area contributed by atoms with Gasteiger partial charge in [-0.05, 0) is 25.7 Å². The Hall–Kier alpha value is -1.80. The van der Waals surface area contributed by atoms with Gasteiger partial charge in [-0.3, -0.25) is 9.59 Å². The number of rotatable bonds is 4. The molecule has 3 saturated heterocycles. The second kappa shape index (κ2) is 5.63. The predicted molar refractivity (Wildman–Crippen MR) is 76.9 cm³/mol. The molecule has 3 heterocycles. The molecule has 24 heavy (non-hydrogen) atoms. The van der Waals surface area contributed by atoms with Crippen LogP contribution in [0.1, 0.15) is 39.0 Å². The normalized spacial score (nSPS) is 30.8. The first-order valence-corrected chi connectivity index (χ1v) is 8.22. The lowest BCUT2D eigenvalue weighted by Gasteiger charge is -2.27. The summed E-state index contributed by atoms with van der Waals surface area (Å²) in [7, 11) is 0. The van der Waals surface area contributed by atoms with E-state index in [2.05, 4.69) is 0 Å². The average Bonchev–Trinajstić information content (AvgIpc) is 3.09. The number of halogens is 3. The minimum Gasteiger partial charge on any atom is -0.332 e. The number of fused-ring (bicyclic) bond motifs is 1. The minimum absolute atomic E-state index is 0.0580. The van der Waals surface area contributed by atoms with E-state index in [4.69, 9.17) is 0 Å². The number of imide groups is 1. The van der Waals surface area contributed by atoms with Crippen LogP contribution >= 0.6 is 0 Å². The van der Waals surface area contributed by atoms with Crippen molar-refractivity contribution in [3.05, 3.63) is 0 Å². The van der Waals surface area contributed by atoms with Crippen molar-refractivity contribution in [1.82, 2.24) is 14.7 Å². The maximum Gasteiger partial charge on any atom is 0.406 e. The quantitative estimate of drug-likeness (QED) is 0.728. The van der Waals surface area contributed by atoms with E-state index in [1.54, 1.807) is 0 Å². The molecule has 0 aliphatic carbocycles. The van der Waals surface area contributed by atoms with E-state index in [0.29, 0.717) is 30.7 Å². The maximum absolute atomic E-state index is 12.9. The Morgan fingerprint density at radius 3 is 2.54 bits per heavy atom. The van der Waals surface area contributed by atoms with Crippen LogP contribution in [0.5, 0.6) is 0 Å². The Morgan fingerprint density at radius 1 is 1.21 bits per heavy atom. The first-order chi connectivity index (χ1) is 11.2. The van der Waals surface area contributed by atoms with E-state index in [1.165, 1.54) is 4.90 Å². The van der Waals surface area contributed by atoms with E-state index in [-0.39, 0.29) is 13.0 Å². The van der Waals surface area contributed by atoms with Crippen LogP contribution in [-0.4, -0.2) is 69.9 Å². The molecule has 0 bridgehead atoms. The van der Waals surface area contributed by atoms with Crippen LogP contribution in [-0.2, 0) is 9.59 Å². The van der Waals surface area contributed by atoms with Gasteiger partial charge in [-0.2, -0.15) is 13.2 Å². The van der Waals surface area contributed by atoms with Gasteiger partial charge in [-0.15, -0.1) is 0 Å². The van der Waals surface area contributed by atoms with Gasteiger partial charge in [0.15, 0.2) is 0 Å². The summed E-state index contributed by atoms with van der Waals surface area (Å²) < 4.78 is 37.6. The van der Waals surface area contributed by atoms with Crippen LogP contribution in [0, 0.1) is 0 Å². The Morgan fingerprint density at radius 2 is 1.92 bits per heavy atom. The van der Waals surface area contributed by atoms with Crippen LogP contribution in [0.2, 0.25) is 0 Å². The van der Waals surface area contributed by atoms with Crippen LogP contribution in [0.15, 0.2) is 0 Å². The van der Waals surface area contributed by atoms with E-state index in [1.807, 2.05) is 6.92 Å². The van der Waals surface area contributed by atoms with Gasteiger partial charge in [-0.1, -0.05) is 13.3 Å². The summed E-state index contributed by atoms with van der Waals surface area (Å²) in [6, 6.07) is -1.63. The molecule has 3 fully saturated rings. The molecule has 134 valence electrons. The molecule has 4 amide bonds. The summed E-state index contributed by atoms with van der Waals surface area (Å²) in [5, 5.41) is 0. The largest absolute Gasteiger partial charge is 0.406 e. The molecule has 3 rings (SSSR count). The summed E-state index contributed by atoms with van der Waals surface area (Å²) in [5.41, 5.74) is -0.899. The maximum atomic E-state index is 12.9. The molecule has 0 N–H and O–H groups in total. The van der Waals surface area contributed by atoms with E-state index in [9.17, 15) is 27.6 Å². The minimum atomic E-state index is -4.49. The molecule has 0 aromatic rings. The van der Waals surface area contributed by atoms with Crippen molar-refractivity contribution in [2.24, 2.45) is 0 Å². The van der Waals surface area contributed by atoms with Crippen LogP contribution in [0.4, 0.5) is 18.0 Å². The van der Waals surface area contributed by atoms with E-state index >= 15 is 0 Å². The second-order valence-corrected chi connectivity index (χ2v) is 6.67. The molecule has 3 aliphatic heterocycles. The topological polar surface area (TPSA) is 60.9 Å². The summed E-state index contributed by atoms with van der Waals surface area (Å²) in [6.45, 7) is 0.926. The Balaban J connectivity index is 1.82. The number of carbonyl (C=O) groups is 3. The highest BCUT2D eigenvalue weighted by atomic mass is 19.4. The van der Waals surface area contributed by atoms with E-state index < -0.39 is 42.1 Å². The molecule has 0 saturated carbocycles. The fraction of sp³-hybridized carbons (Fsp3) is 0.800. The fourth-order valence-corrected chi connectivity index (χ4v) is 4.21. The lowest BCUT2D eigenvalue weighted by Crippen LogP contribution is -2.49. The number of urea groups is 1. The fourth-order valence-electron chi connectivity index (χ4n) is 4.21. The monoisotopic (exact) mass is 347 g/mol. The van der Waals surface area contributed by atoms with Crippen molar-refractivity contribution < 1.29 is 27.6 Å². The Labute approximate surface area is 137 Å². The Bertz CT molecular complexity index is 580. The van der Waals surface area contributed by atoms with Crippen molar-refractivity contribution in [3.63, 3.8) is 0 Å². The van der Waals surface area contributed by atoms with Crippen molar-refractivity contribution >= 4 is 17.8 Å². The van der Waals surface area contributed by atoms with E-state index in [0.717, 1.165) is 11.3 Å². The van der Waals surface area contributed by atoms with Crippen LogP contribution < -0.4 is 0 Å². The third-order valence-electron chi connectivity index (χ3n) is 5.16. The van der Waals surface area contributed by atoms with Gasteiger partial charge >= 0.3 is 12.2 Å². The molecule has 0 aromatic heterocycles. The van der Waals surface area contributed by atoms with Gasteiger partial charge in [0, 0.05) is 13.1 Å². The van der Waals surface area contributed by atoms with Gasteiger partial charge in [0.05, 0.1) is 0 Å². The van der Waals surface area contributed by atoms with Gasteiger partial charge in [-0.25, -0.2) is 9.69 Å². The number of hydrogen-bond donors (Lipinski definition) is 0. The molecule has 9 heteroatoms. The lowest BCUT2D eigenvalue weighted by atomic mass is 9.90. The van der Waals surface area contributed by atoms with Gasteiger partial charge in [0.1, 0.15) is 18.1 Å². The standard InChI is InChI=1S/C15H20F3N3O3/c1-2-5-14-6-3-7-20(14)13(24)21(12(14)23)10-4-8-19(11(10)22)9-15(16,17)18/h10H,2-9H2,1H3/t10-,14-/m0/s1. The summed E-state index contributed by atoms with van der Waals surface area (Å²) in [4.78, 5) is 41.0. The van der Waals surface area contributed by atoms with Gasteiger partial charge in [0.25, 0.3) is 5.91 Å². The summed E-state index contributed by atoms with van der Waals surface area (Å²) >= 11 is 0. The lowest BCUT2D eigenvalue weighted by molar-refractivity contribution is -0.159. The third-order valence-corrected chi connectivity index (χ3v) is 5.16. The highest BCUT2D eigenvalue weighted by molar-refractivity contribution is 6.10. The number of nitrogens with zero attached hydrogens (tertiary/aromatic N) is 3. The zero-order valence-corrected chi connectivity index (χ0v) is 13.4. The number of carbonyl (C=O) groups excluding carboxylic acids is 3. The molecule has 3 aliphatic rings. The number of amides is 4. The number of hydrogen-bond acceptors (Lipinski definition) is 3. The molecule has 6 nitrogen and oxygen atoms in total. The first kappa shape index (κ1) is 17.0. The smallest absolute Gasteiger partial charge is 0.332 e. The Kier molecular flexibility index (Phi) is 4.00. The summed E-state index contributed by atoms with van der Waals surface area (Å²) in [6.07, 6.45) is -1.93. The molecular weight excluding hydrogens is 327 g/mol. The summed E-state index contributed by atoms with van der Waals surface area (Å²) in [5.74, 6) is -1.21. The highest BCUT2D eigenvalue weighted by Crippen LogP contribution is 2.42. The molecule has 0 spiro atoms. The first-order valence-electron chi connectivity index (χ1n) is 8.22. The number of alkyl halides is 3. The molecule has 0 radical (unpaired) electrons. The van der Waals surface area contributed by atoms with Crippen LogP contribution in [0.25, 0.3) is 0 Å². The predicted octanol–water partition coefficient (Wildman–Crippen LogP) is 1.75. The molecule has 0 aromatic carbocycles. The zero-order valence-electron chi connectivity index (χ0n) is 13.4. The number of likely N-dealkylation sites (tertiary alicyclic amines) is 1. The van der Waals surface area contributed by atoms with Crippen LogP contribution in [0.3, 0.4) is 0 Å². The zero-order chi connectivity index (χ0) is 17.7.